The average molecular weight is 430 g/mol. The van der Waals surface area contributed by atoms with Crippen molar-refractivity contribution in [2.24, 2.45) is 10.1 Å². The molecule has 0 saturated heterocycles. The number of thiazole rings is 1. The van der Waals surface area contributed by atoms with Gasteiger partial charge < -0.3 is 4.74 Å². The smallest absolute Gasteiger partial charge is 0.337 e. The Labute approximate surface area is 163 Å². The Balaban J connectivity index is 1.94. The number of halogens is 1. The Morgan fingerprint density at radius 2 is 1.85 bits per heavy atom. The number of aromatic nitrogens is 1. The fraction of sp³-hybridized carbons (Fsp3) is 0.105. The molecule has 0 N–H and O–H groups in total. The van der Waals surface area contributed by atoms with Gasteiger partial charge in [0.2, 0.25) is 4.80 Å². The molecule has 1 heterocycles. The molecule has 26 heavy (non-hydrogen) atoms. The maximum Gasteiger partial charge on any atom is 0.337 e. The second-order valence-electron chi connectivity index (χ2n) is 5.30. The van der Waals surface area contributed by atoms with Crippen molar-refractivity contribution < 1.29 is 9.53 Å². The summed E-state index contributed by atoms with van der Waals surface area (Å²) in [7, 11) is 3.11. The number of nitrogens with zero attached hydrogens (tertiary/aromatic N) is 3. The van der Waals surface area contributed by atoms with Crippen LogP contribution in [-0.2, 0) is 4.74 Å². The summed E-state index contributed by atoms with van der Waals surface area (Å²) >= 11 is 4.98. The average Bonchev–Trinajstić information content (AvgIpc) is 3.09. The highest BCUT2D eigenvalue weighted by molar-refractivity contribution is 9.10. The molecule has 132 valence electrons. The molecule has 2 aromatic carbocycles. The minimum atomic E-state index is -0.356. The number of esters is 1. The van der Waals surface area contributed by atoms with Crippen molar-refractivity contribution in [3.63, 3.8) is 0 Å². The van der Waals surface area contributed by atoms with Crippen LogP contribution in [0, 0.1) is 0 Å². The Morgan fingerprint density at radius 3 is 2.46 bits per heavy atom. The summed E-state index contributed by atoms with van der Waals surface area (Å²) in [6.07, 6.45) is 1.74. The molecule has 0 bridgehead atoms. The zero-order valence-corrected chi connectivity index (χ0v) is 16.6. The monoisotopic (exact) mass is 429 g/mol. The van der Waals surface area contributed by atoms with Crippen LogP contribution in [-0.4, -0.2) is 31.0 Å². The molecular weight excluding hydrogens is 414 g/mol. The van der Waals surface area contributed by atoms with Gasteiger partial charge in [-0.15, -0.1) is 11.3 Å². The Morgan fingerprint density at radius 1 is 1.15 bits per heavy atom. The predicted molar refractivity (Wildman–Crippen MR) is 108 cm³/mol. The quantitative estimate of drug-likeness (QED) is 0.461. The standard InChI is InChI=1S/C19H16BrN3O2S/c1-21-19-23(17(12-26-19)14-7-9-16(20)10-8-14)22-11-13-3-5-15(6-4-13)18(24)25-2/h3-12H,1-2H3. The van der Waals surface area contributed by atoms with E-state index in [1.807, 2.05) is 46.5 Å². The summed E-state index contributed by atoms with van der Waals surface area (Å²) in [4.78, 5) is 16.6. The first kappa shape index (κ1) is 18.3. The van der Waals surface area contributed by atoms with E-state index < -0.39 is 0 Å². The topological polar surface area (TPSA) is 56.0 Å². The van der Waals surface area contributed by atoms with Gasteiger partial charge in [-0.05, 0) is 29.8 Å². The van der Waals surface area contributed by atoms with Crippen LogP contribution in [0.25, 0.3) is 11.3 Å². The number of carbonyl (C=O) groups is 1. The highest BCUT2D eigenvalue weighted by atomic mass is 79.9. The van der Waals surface area contributed by atoms with Crippen LogP contribution in [0.4, 0.5) is 0 Å². The molecule has 5 nitrogen and oxygen atoms in total. The van der Waals surface area contributed by atoms with Gasteiger partial charge in [0.15, 0.2) is 0 Å². The van der Waals surface area contributed by atoms with E-state index in [1.54, 1.807) is 25.4 Å². The summed E-state index contributed by atoms with van der Waals surface area (Å²) < 4.78 is 7.54. The Bertz CT molecular complexity index is 1000. The Hall–Kier alpha value is -2.51. The van der Waals surface area contributed by atoms with Crippen molar-refractivity contribution in [3.05, 3.63) is 74.3 Å². The van der Waals surface area contributed by atoms with Gasteiger partial charge in [0.05, 0.1) is 24.6 Å². The van der Waals surface area contributed by atoms with E-state index in [-0.39, 0.29) is 5.97 Å². The molecule has 0 aliphatic heterocycles. The van der Waals surface area contributed by atoms with Crippen molar-refractivity contribution in [2.45, 2.75) is 0 Å². The zero-order valence-electron chi connectivity index (χ0n) is 14.2. The highest BCUT2D eigenvalue weighted by Crippen LogP contribution is 2.22. The molecule has 0 saturated carbocycles. The molecule has 1 aromatic heterocycles. The second kappa shape index (κ2) is 8.25. The maximum atomic E-state index is 11.5. The fourth-order valence-corrected chi connectivity index (χ4v) is 3.40. The van der Waals surface area contributed by atoms with E-state index in [2.05, 4.69) is 26.0 Å². The molecule has 0 fully saturated rings. The predicted octanol–water partition coefficient (Wildman–Crippen LogP) is 4.18. The van der Waals surface area contributed by atoms with Crippen LogP contribution >= 0.6 is 27.3 Å². The third-order valence-electron chi connectivity index (χ3n) is 3.67. The largest absolute Gasteiger partial charge is 0.465 e. The number of hydrogen-bond acceptors (Lipinski definition) is 5. The first-order chi connectivity index (χ1) is 12.6. The Kier molecular flexibility index (Phi) is 5.80. The normalized spacial score (nSPS) is 11.9. The molecule has 0 aliphatic carbocycles. The third kappa shape index (κ3) is 4.00. The van der Waals surface area contributed by atoms with E-state index in [0.29, 0.717) is 5.56 Å². The van der Waals surface area contributed by atoms with E-state index in [0.717, 1.165) is 26.1 Å². The number of ether oxygens (including phenoxy) is 1. The van der Waals surface area contributed by atoms with Crippen molar-refractivity contribution >= 4 is 39.5 Å². The fourth-order valence-electron chi connectivity index (χ4n) is 2.33. The first-order valence-corrected chi connectivity index (χ1v) is 9.41. The van der Waals surface area contributed by atoms with Crippen LogP contribution in [0.5, 0.6) is 0 Å². The zero-order chi connectivity index (χ0) is 18.5. The summed E-state index contributed by atoms with van der Waals surface area (Å²) in [6.45, 7) is 0. The van der Waals surface area contributed by atoms with Crippen molar-refractivity contribution in [2.75, 3.05) is 14.2 Å². The second-order valence-corrected chi connectivity index (χ2v) is 7.06. The minimum Gasteiger partial charge on any atom is -0.465 e. The number of benzene rings is 2. The SMILES string of the molecule is CN=c1scc(-c2ccc(Br)cc2)n1N=Cc1ccc(C(=O)OC)cc1. The van der Waals surface area contributed by atoms with Gasteiger partial charge in [-0.1, -0.05) is 40.2 Å². The van der Waals surface area contributed by atoms with E-state index in [9.17, 15) is 4.79 Å². The minimum absolute atomic E-state index is 0.356. The van der Waals surface area contributed by atoms with E-state index in [4.69, 9.17) is 4.74 Å². The van der Waals surface area contributed by atoms with E-state index >= 15 is 0 Å². The molecular formula is C19H16BrN3O2S. The lowest BCUT2D eigenvalue weighted by atomic mass is 10.1. The van der Waals surface area contributed by atoms with Gasteiger partial charge in [0.1, 0.15) is 0 Å². The molecule has 0 radical (unpaired) electrons. The summed E-state index contributed by atoms with van der Waals surface area (Å²) in [5, 5.41) is 6.61. The first-order valence-electron chi connectivity index (χ1n) is 7.74. The molecule has 0 aliphatic rings. The number of methoxy groups -OCH3 is 1. The number of hydrogen-bond donors (Lipinski definition) is 0. The number of carbonyl (C=O) groups excluding carboxylic acids is 1. The van der Waals surface area contributed by atoms with Gasteiger partial charge >= 0.3 is 5.97 Å². The van der Waals surface area contributed by atoms with Crippen molar-refractivity contribution in [1.82, 2.24) is 4.68 Å². The molecule has 3 rings (SSSR count). The summed E-state index contributed by atoms with van der Waals surface area (Å²) in [5.41, 5.74) is 3.40. The van der Waals surface area contributed by atoms with Crippen molar-refractivity contribution in [1.29, 1.82) is 0 Å². The van der Waals surface area contributed by atoms with Crippen LogP contribution in [0.2, 0.25) is 0 Å². The summed E-state index contributed by atoms with van der Waals surface area (Å²) in [5.74, 6) is -0.356. The molecule has 0 spiro atoms. The molecule has 0 atom stereocenters. The molecule has 0 amide bonds. The third-order valence-corrected chi connectivity index (χ3v) is 5.11. The van der Waals surface area contributed by atoms with Gasteiger partial charge in [-0.3, -0.25) is 4.99 Å². The molecule has 7 heteroatoms. The van der Waals surface area contributed by atoms with Crippen LogP contribution in [0.3, 0.4) is 0 Å². The lowest BCUT2D eigenvalue weighted by Crippen LogP contribution is -2.11. The van der Waals surface area contributed by atoms with Gasteiger partial charge in [0, 0.05) is 22.5 Å². The lowest BCUT2D eigenvalue weighted by molar-refractivity contribution is 0.0600. The lowest BCUT2D eigenvalue weighted by Gasteiger charge is -2.04. The molecule has 0 unspecified atom stereocenters. The van der Waals surface area contributed by atoms with Crippen LogP contribution < -0.4 is 4.80 Å². The van der Waals surface area contributed by atoms with E-state index in [1.165, 1.54) is 18.4 Å². The summed E-state index contributed by atoms with van der Waals surface area (Å²) in [6, 6.07) is 15.1. The van der Waals surface area contributed by atoms with Gasteiger partial charge in [0.25, 0.3) is 0 Å². The maximum absolute atomic E-state index is 11.5. The van der Waals surface area contributed by atoms with Gasteiger partial charge in [-0.25, -0.2) is 9.47 Å². The molecule has 3 aromatic rings. The van der Waals surface area contributed by atoms with Gasteiger partial charge in [-0.2, -0.15) is 5.10 Å². The van der Waals surface area contributed by atoms with Crippen LogP contribution in [0.1, 0.15) is 15.9 Å². The highest BCUT2D eigenvalue weighted by Gasteiger charge is 2.07. The van der Waals surface area contributed by atoms with Crippen molar-refractivity contribution in [3.8, 4) is 11.3 Å². The van der Waals surface area contributed by atoms with Crippen LogP contribution in [0.15, 0.2) is 68.5 Å². The number of rotatable bonds is 4.